The average Bonchev–Trinajstić information content (AvgIpc) is 3.25. The zero-order valence-corrected chi connectivity index (χ0v) is 18.8. The van der Waals surface area contributed by atoms with Gasteiger partial charge in [-0.1, -0.05) is 13.8 Å². The number of fused-ring (bicyclic) bond motifs is 1. The van der Waals surface area contributed by atoms with Crippen molar-refractivity contribution in [3.8, 4) is 5.88 Å². The number of likely N-dealkylation sites (tertiary alicyclic amines) is 1. The van der Waals surface area contributed by atoms with Crippen molar-refractivity contribution >= 4 is 23.5 Å². The average molecular weight is 481 g/mol. The first-order valence-corrected chi connectivity index (χ1v) is 11.2. The number of rotatable bonds is 6. The van der Waals surface area contributed by atoms with Crippen molar-refractivity contribution in [2.75, 3.05) is 6.54 Å². The second-order valence-electron chi connectivity index (χ2n) is 9.16. The van der Waals surface area contributed by atoms with Gasteiger partial charge in [-0.3, -0.25) is 19.0 Å². The summed E-state index contributed by atoms with van der Waals surface area (Å²) in [5.41, 5.74) is -0.759. The van der Waals surface area contributed by atoms with Crippen LogP contribution in [0, 0.1) is 5.92 Å². The zero-order chi connectivity index (χ0) is 24.8. The SMILES string of the molecule is CC(C)Cn1c(=O)c(C(=O)NC2CC2)c(O)n2ncc(/C=C/C(=O)N3CCC[C@H]3C(F)(F)F)c12. The van der Waals surface area contributed by atoms with Gasteiger partial charge in [-0.2, -0.15) is 22.8 Å². The molecule has 0 bridgehead atoms. The number of halogens is 3. The van der Waals surface area contributed by atoms with Gasteiger partial charge in [0.15, 0.2) is 5.56 Å². The molecule has 3 heterocycles. The molecule has 0 aromatic carbocycles. The van der Waals surface area contributed by atoms with Gasteiger partial charge in [-0.05, 0) is 37.7 Å². The molecule has 34 heavy (non-hydrogen) atoms. The number of hydrogen-bond acceptors (Lipinski definition) is 5. The number of aromatic hydroxyl groups is 1. The molecule has 1 saturated carbocycles. The van der Waals surface area contributed by atoms with Crippen LogP contribution in [0.3, 0.4) is 0 Å². The Morgan fingerprint density at radius 1 is 1.29 bits per heavy atom. The Kier molecular flexibility index (Phi) is 6.17. The summed E-state index contributed by atoms with van der Waals surface area (Å²) >= 11 is 0. The van der Waals surface area contributed by atoms with Crippen LogP contribution < -0.4 is 10.9 Å². The predicted molar refractivity (Wildman–Crippen MR) is 116 cm³/mol. The molecule has 0 unspecified atom stereocenters. The van der Waals surface area contributed by atoms with E-state index in [-0.39, 0.29) is 49.1 Å². The molecule has 9 nitrogen and oxygen atoms in total. The van der Waals surface area contributed by atoms with Gasteiger partial charge in [-0.15, -0.1) is 0 Å². The van der Waals surface area contributed by atoms with E-state index in [2.05, 4.69) is 10.4 Å². The van der Waals surface area contributed by atoms with Crippen LogP contribution in [0.4, 0.5) is 13.2 Å². The highest BCUT2D eigenvalue weighted by Crippen LogP contribution is 2.33. The van der Waals surface area contributed by atoms with E-state index >= 15 is 0 Å². The summed E-state index contributed by atoms with van der Waals surface area (Å²) in [5.74, 6) is -2.15. The minimum Gasteiger partial charge on any atom is -0.492 e. The van der Waals surface area contributed by atoms with Crippen molar-refractivity contribution in [1.29, 1.82) is 0 Å². The van der Waals surface area contributed by atoms with Crippen molar-refractivity contribution in [2.45, 2.75) is 64.3 Å². The number of alkyl halides is 3. The number of carbonyl (C=O) groups is 2. The molecule has 2 N–H and O–H groups in total. The second-order valence-corrected chi connectivity index (χ2v) is 9.16. The van der Waals surface area contributed by atoms with Crippen molar-refractivity contribution in [3.05, 3.63) is 33.8 Å². The first-order valence-electron chi connectivity index (χ1n) is 11.2. The van der Waals surface area contributed by atoms with Crippen molar-refractivity contribution in [2.24, 2.45) is 5.92 Å². The van der Waals surface area contributed by atoms with E-state index in [1.54, 1.807) is 0 Å². The van der Waals surface area contributed by atoms with Crippen molar-refractivity contribution < 1.29 is 27.9 Å². The van der Waals surface area contributed by atoms with Crippen molar-refractivity contribution in [1.82, 2.24) is 24.4 Å². The maximum atomic E-state index is 13.2. The van der Waals surface area contributed by atoms with Gasteiger partial charge in [0.1, 0.15) is 11.7 Å². The van der Waals surface area contributed by atoms with Crippen LogP contribution in [-0.4, -0.2) is 60.8 Å². The third-order valence-electron chi connectivity index (χ3n) is 5.92. The molecule has 2 aromatic heterocycles. The summed E-state index contributed by atoms with van der Waals surface area (Å²) in [5, 5.41) is 17.4. The fourth-order valence-electron chi connectivity index (χ4n) is 4.18. The lowest BCUT2D eigenvalue weighted by molar-refractivity contribution is -0.180. The van der Waals surface area contributed by atoms with Gasteiger partial charge in [0.2, 0.25) is 11.8 Å². The molecule has 0 spiro atoms. The largest absolute Gasteiger partial charge is 0.492 e. The number of amides is 2. The Labute approximate surface area is 192 Å². The number of aromatic nitrogens is 3. The highest BCUT2D eigenvalue weighted by atomic mass is 19.4. The normalized spacial score (nSPS) is 19.0. The fourth-order valence-corrected chi connectivity index (χ4v) is 4.18. The van der Waals surface area contributed by atoms with E-state index in [1.165, 1.54) is 16.8 Å². The first-order chi connectivity index (χ1) is 16.0. The van der Waals surface area contributed by atoms with Crippen LogP contribution in [0.15, 0.2) is 17.1 Å². The van der Waals surface area contributed by atoms with Gasteiger partial charge < -0.3 is 15.3 Å². The lowest BCUT2D eigenvalue weighted by atomic mass is 10.2. The molecule has 2 fully saturated rings. The molecule has 2 aliphatic rings. The van der Waals surface area contributed by atoms with Crippen LogP contribution in [0.25, 0.3) is 11.7 Å². The van der Waals surface area contributed by atoms with Crippen LogP contribution in [0.2, 0.25) is 0 Å². The number of hydrogen-bond donors (Lipinski definition) is 2. The smallest absolute Gasteiger partial charge is 0.408 e. The Morgan fingerprint density at radius 2 is 2.00 bits per heavy atom. The minimum absolute atomic E-state index is 0.000418. The number of nitrogens with zero attached hydrogens (tertiary/aromatic N) is 4. The Bertz CT molecular complexity index is 1210. The second kappa shape index (κ2) is 8.80. The van der Waals surface area contributed by atoms with E-state index in [1.807, 2.05) is 13.8 Å². The highest BCUT2D eigenvalue weighted by molar-refractivity contribution is 5.97. The van der Waals surface area contributed by atoms with E-state index in [0.717, 1.165) is 28.3 Å². The van der Waals surface area contributed by atoms with Gasteiger partial charge >= 0.3 is 6.18 Å². The molecular weight excluding hydrogens is 455 g/mol. The molecule has 2 amide bonds. The minimum atomic E-state index is -4.51. The quantitative estimate of drug-likeness (QED) is 0.616. The lowest BCUT2D eigenvalue weighted by Gasteiger charge is -2.25. The third kappa shape index (κ3) is 4.53. The Balaban J connectivity index is 1.73. The zero-order valence-electron chi connectivity index (χ0n) is 18.8. The molecule has 12 heteroatoms. The van der Waals surface area contributed by atoms with E-state index in [4.69, 9.17) is 0 Å². The number of carbonyl (C=O) groups excluding carboxylic acids is 2. The standard InChI is InChI=1S/C22H26F3N5O4/c1-12(2)11-29-19-13(5-8-16(31)28-9-3-4-15(28)22(23,24)25)10-26-30(19)21(34)17(20(29)33)18(32)27-14-6-7-14/h5,8,10,12,14-15,34H,3-4,6-7,9,11H2,1-2H3,(H,27,32)/b8-5+/t15-/m0/s1. The fraction of sp³-hybridized carbons (Fsp3) is 0.545. The predicted octanol–water partition coefficient (Wildman–Crippen LogP) is 2.32. The maximum Gasteiger partial charge on any atom is 0.408 e. The topological polar surface area (TPSA) is 109 Å². The monoisotopic (exact) mass is 481 g/mol. The molecule has 0 radical (unpaired) electrons. The van der Waals surface area contributed by atoms with E-state index in [9.17, 15) is 32.7 Å². The first kappa shape index (κ1) is 23.8. The molecule has 1 aliphatic carbocycles. The van der Waals surface area contributed by atoms with Crippen molar-refractivity contribution in [3.63, 3.8) is 0 Å². The van der Waals surface area contributed by atoms with Gasteiger partial charge in [0, 0.05) is 30.8 Å². The number of nitrogens with one attached hydrogen (secondary N) is 1. The molecule has 2 aromatic rings. The van der Waals surface area contributed by atoms with Crippen LogP contribution >= 0.6 is 0 Å². The summed E-state index contributed by atoms with van der Waals surface area (Å²) in [6.45, 7) is 3.91. The molecular formula is C22H26F3N5O4. The maximum absolute atomic E-state index is 13.2. The van der Waals surface area contributed by atoms with Gasteiger partial charge in [0.25, 0.3) is 11.5 Å². The summed E-state index contributed by atoms with van der Waals surface area (Å²) in [6, 6.07) is -1.86. The third-order valence-corrected chi connectivity index (χ3v) is 5.92. The highest BCUT2D eigenvalue weighted by Gasteiger charge is 2.47. The Hall–Kier alpha value is -3.31. The summed E-state index contributed by atoms with van der Waals surface area (Å²) < 4.78 is 42.0. The molecule has 4 rings (SSSR count). The summed E-state index contributed by atoms with van der Waals surface area (Å²) in [7, 11) is 0. The van der Waals surface area contributed by atoms with Crippen LogP contribution in [-0.2, 0) is 11.3 Å². The van der Waals surface area contributed by atoms with E-state index in [0.29, 0.717) is 0 Å². The van der Waals surface area contributed by atoms with Crippen LogP contribution in [0.5, 0.6) is 5.88 Å². The van der Waals surface area contributed by atoms with Crippen LogP contribution in [0.1, 0.15) is 55.5 Å². The molecule has 184 valence electrons. The Morgan fingerprint density at radius 3 is 2.62 bits per heavy atom. The van der Waals surface area contributed by atoms with Gasteiger partial charge in [-0.25, -0.2) is 0 Å². The summed E-state index contributed by atoms with van der Waals surface area (Å²) in [6.07, 6.45) is 0.763. The molecule has 1 atom stereocenters. The summed E-state index contributed by atoms with van der Waals surface area (Å²) in [4.78, 5) is 39.1. The van der Waals surface area contributed by atoms with Gasteiger partial charge in [0.05, 0.1) is 6.20 Å². The molecule has 1 saturated heterocycles. The molecule has 1 aliphatic heterocycles. The van der Waals surface area contributed by atoms with E-state index < -0.39 is 41.0 Å². The lowest BCUT2D eigenvalue weighted by Crippen LogP contribution is -2.43.